The van der Waals surface area contributed by atoms with Gasteiger partial charge in [-0.15, -0.1) is 11.3 Å². The lowest BCUT2D eigenvalue weighted by molar-refractivity contribution is 0.0255. The number of ether oxygens (including phenoxy) is 3. The van der Waals surface area contributed by atoms with Gasteiger partial charge in [0.15, 0.2) is 16.6 Å². The minimum atomic E-state index is -0.541. The maximum absolute atomic E-state index is 12.9. The van der Waals surface area contributed by atoms with E-state index in [1.807, 2.05) is 39.0 Å². The van der Waals surface area contributed by atoms with Crippen molar-refractivity contribution in [2.45, 2.75) is 32.8 Å². The first-order valence-electron chi connectivity index (χ1n) is 10.2. The van der Waals surface area contributed by atoms with Crippen molar-refractivity contribution in [3.63, 3.8) is 0 Å². The van der Waals surface area contributed by atoms with Crippen molar-refractivity contribution in [1.82, 2.24) is 14.8 Å². The van der Waals surface area contributed by atoms with Gasteiger partial charge < -0.3 is 29.3 Å². The van der Waals surface area contributed by atoms with Crippen LogP contribution in [0.4, 0.5) is 15.6 Å². The van der Waals surface area contributed by atoms with Crippen LogP contribution in [-0.4, -0.2) is 65.4 Å². The van der Waals surface area contributed by atoms with E-state index in [9.17, 15) is 9.59 Å². The van der Waals surface area contributed by atoms with E-state index in [0.717, 1.165) is 5.69 Å². The van der Waals surface area contributed by atoms with Crippen molar-refractivity contribution in [3.05, 3.63) is 29.3 Å². The van der Waals surface area contributed by atoms with Gasteiger partial charge in [0.05, 0.1) is 0 Å². The van der Waals surface area contributed by atoms with Crippen LogP contribution >= 0.6 is 11.3 Å². The maximum atomic E-state index is 12.9. The predicted octanol–water partition coefficient (Wildman–Crippen LogP) is 3.70. The quantitative estimate of drug-likeness (QED) is 0.768. The number of carbonyl (C=O) groups excluding carboxylic acids is 2. The predicted molar refractivity (Wildman–Crippen MR) is 116 cm³/mol. The second kappa shape index (κ2) is 8.62. The molecule has 0 unspecified atom stereocenters. The van der Waals surface area contributed by atoms with Crippen molar-refractivity contribution >= 4 is 34.2 Å². The fourth-order valence-electron chi connectivity index (χ4n) is 3.32. The monoisotopic (exact) mass is 446 g/mol. The molecule has 0 bridgehead atoms. The number of thiazole rings is 1. The average Bonchev–Trinajstić information content (AvgIpc) is 3.29. The van der Waals surface area contributed by atoms with Crippen LogP contribution in [0.2, 0.25) is 0 Å². The summed E-state index contributed by atoms with van der Waals surface area (Å²) in [5.74, 6) is 1.25. The molecule has 1 fully saturated rings. The number of fused-ring (bicyclic) bond motifs is 1. The van der Waals surface area contributed by atoms with E-state index in [2.05, 4.69) is 10.3 Å². The molecule has 0 aliphatic carbocycles. The van der Waals surface area contributed by atoms with Gasteiger partial charge in [-0.3, -0.25) is 4.79 Å². The number of nitrogens with zero attached hydrogens (tertiary/aromatic N) is 3. The van der Waals surface area contributed by atoms with Gasteiger partial charge in [-0.1, -0.05) is 0 Å². The lowest BCUT2D eigenvalue weighted by Crippen LogP contribution is -2.40. The van der Waals surface area contributed by atoms with Gasteiger partial charge in [0.2, 0.25) is 6.79 Å². The average molecular weight is 447 g/mol. The molecule has 0 atom stereocenters. The normalized spacial score (nSPS) is 16.1. The van der Waals surface area contributed by atoms with Crippen molar-refractivity contribution in [2.24, 2.45) is 0 Å². The van der Waals surface area contributed by atoms with Crippen LogP contribution in [0, 0.1) is 0 Å². The molecule has 4 rings (SSSR count). The molecule has 0 radical (unpaired) electrons. The smallest absolute Gasteiger partial charge is 0.410 e. The highest BCUT2D eigenvalue weighted by Crippen LogP contribution is 2.35. The fourth-order valence-corrected chi connectivity index (χ4v) is 4.02. The van der Waals surface area contributed by atoms with E-state index in [-0.39, 0.29) is 18.8 Å². The second-order valence-electron chi connectivity index (χ2n) is 8.34. The van der Waals surface area contributed by atoms with E-state index >= 15 is 0 Å². The minimum Gasteiger partial charge on any atom is -0.454 e. The summed E-state index contributed by atoms with van der Waals surface area (Å²) in [5, 5.41) is 5.56. The molecular formula is C21H26N4O5S. The number of anilines is 2. The molecule has 1 saturated heterocycles. The topological polar surface area (TPSA) is 93.2 Å². The third kappa shape index (κ3) is 5.19. The van der Waals surface area contributed by atoms with Gasteiger partial charge in [-0.2, -0.15) is 0 Å². The Morgan fingerprint density at radius 3 is 2.65 bits per heavy atom. The highest BCUT2D eigenvalue weighted by molar-refractivity contribution is 7.14. The van der Waals surface area contributed by atoms with E-state index < -0.39 is 5.60 Å². The van der Waals surface area contributed by atoms with Gasteiger partial charge in [-0.05, 0) is 39.3 Å². The third-order valence-electron chi connectivity index (χ3n) is 4.78. The molecule has 2 aliphatic heterocycles. The summed E-state index contributed by atoms with van der Waals surface area (Å²) >= 11 is 1.36. The Labute approximate surface area is 184 Å². The van der Waals surface area contributed by atoms with E-state index in [4.69, 9.17) is 14.2 Å². The molecule has 31 heavy (non-hydrogen) atoms. The molecule has 3 heterocycles. The van der Waals surface area contributed by atoms with Crippen LogP contribution in [0.3, 0.4) is 0 Å². The lowest BCUT2D eigenvalue weighted by Gasteiger charge is -2.26. The first kappa shape index (κ1) is 21.2. The standard InChI is InChI=1S/C21H26N4O5S/c1-21(2,3)30-20(27)25-8-4-7-24(9-10-25)18(26)15-12-31-19(23-15)22-14-5-6-16-17(11-14)29-13-28-16/h5-6,11-12H,4,7-10,13H2,1-3H3,(H,22,23). The number of hydrogen-bond acceptors (Lipinski definition) is 8. The van der Waals surface area contributed by atoms with Gasteiger partial charge >= 0.3 is 6.09 Å². The van der Waals surface area contributed by atoms with Gasteiger partial charge in [0.25, 0.3) is 5.91 Å². The Kier molecular flexibility index (Phi) is 5.90. The van der Waals surface area contributed by atoms with E-state index in [1.54, 1.807) is 15.2 Å². The number of carbonyl (C=O) groups is 2. The summed E-state index contributed by atoms with van der Waals surface area (Å²) in [6.07, 6.45) is 0.350. The van der Waals surface area contributed by atoms with Crippen LogP contribution in [0.25, 0.3) is 0 Å². The molecule has 1 N–H and O–H groups in total. The van der Waals surface area contributed by atoms with Crippen LogP contribution in [0.5, 0.6) is 11.5 Å². The van der Waals surface area contributed by atoms with E-state index in [1.165, 1.54) is 11.3 Å². The van der Waals surface area contributed by atoms with Gasteiger partial charge in [0.1, 0.15) is 11.3 Å². The van der Waals surface area contributed by atoms with Crippen molar-refractivity contribution in [1.29, 1.82) is 0 Å². The second-order valence-corrected chi connectivity index (χ2v) is 9.20. The maximum Gasteiger partial charge on any atom is 0.410 e. The zero-order chi connectivity index (χ0) is 22.0. The molecule has 1 aromatic heterocycles. The first-order chi connectivity index (χ1) is 14.8. The lowest BCUT2D eigenvalue weighted by atomic mass is 10.2. The summed E-state index contributed by atoms with van der Waals surface area (Å²) in [4.78, 5) is 33.1. The van der Waals surface area contributed by atoms with Crippen LogP contribution < -0.4 is 14.8 Å². The zero-order valence-electron chi connectivity index (χ0n) is 17.8. The number of amides is 2. The molecular weight excluding hydrogens is 420 g/mol. The molecule has 2 aromatic rings. The Bertz CT molecular complexity index is 971. The number of nitrogens with one attached hydrogen (secondary N) is 1. The minimum absolute atomic E-state index is 0.138. The molecule has 0 spiro atoms. The van der Waals surface area contributed by atoms with E-state index in [0.29, 0.717) is 54.9 Å². The Morgan fingerprint density at radius 2 is 1.84 bits per heavy atom. The SMILES string of the molecule is CC(C)(C)OC(=O)N1CCCN(C(=O)c2csc(Nc3ccc4c(c3)OCO4)n2)CC1. The summed E-state index contributed by atoms with van der Waals surface area (Å²) in [5.41, 5.74) is 0.653. The Balaban J connectivity index is 1.35. The largest absolute Gasteiger partial charge is 0.454 e. The number of benzene rings is 1. The van der Waals surface area contributed by atoms with Crippen molar-refractivity contribution in [2.75, 3.05) is 38.3 Å². The Morgan fingerprint density at radius 1 is 1.10 bits per heavy atom. The van der Waals surface area contributed by atoms with Crippen molar-refractivity contribution in [3.8, 4) is 11.5 Å². The number of hydrogen-bond donors (Lipinski definition) is 1. The molecule has 0 saturated carbocycles. The summed E-state index contributed by atoms with van der Waals surface area (Å²) in [6, 6.07) is 5.54. The van der Waals surface area contributed by atoms with Crippen LogP contribution in [0.1, 0.15) is 37.7 Å². The van der Waals surface area contributed by atoms with Crippen LogP contribution in [-0.2, 0) is 4.74 Å². The first-order valence-corrected chi connectivity index (χ1v) is 11.1. The highest BCUT2D eigenvalue weighted by atomic mass is 32.1. The summed E-state index contributed by atoms with van der Waals surface area (Å²) in [6.45, 7) is 7.76. The number of rotatable bonds is 3. The van der Waals surface area contributed by atoms with Crippen molar-refractivity contribution < 1.29 is 23.8 Å². The number of aromatic nitrogens is 1. The summed E-state index contributed by atoms with van der Waals surface area (Å²) in [7, 11) is 0. The zero-order valence-corrected chi connectivity index (χ0v) is 18.7. The molecule has 9 nitrogen and oxygen atoms in total. The molecule has 166 valence electrons. The van der Waals surface area contributed by atoms with Gasteiger partial charge in [-0.25, -0.2) is 9.78 Å². The third-order valence-corrected chi connectivity index (χ3v) is 5.54. The molecule has 1 aromatic carbocycles. The Hall–Kier alpha value is -3.01. The molecule has 10 heteroatoms. The highest BCUT2D eigenvalue weighted by Gasteiger charge is 2.27. The van der Waals surface area contributed by atoms with Crippen LogP contribution in [0.15, 0.2) is 23.6 Å². The van der Waals surface area contributed by atoms with Gasteiger partial charge in [0, 0.05) is 43.3 Å². The molecule has 2 amide bonds. The fraction of sp³-hybridized carbons (Fsp3) is 0.476. The summed E-state index contributed by atoms with van der Waals surface area (Å²) < 4.78 is 16.2. The molecule has 2 aliphatic rings.